The number of ether oxygens (including phenoxy) is 3. The highest BCUT2D eigenvalue weighted by atomic mass is 31.2. The lowest BCUT2D eigenvalue weighted by molar-refractivity contribution is -0.131. The van der Waals surface area contributed by atoms with Gasteiger partial charge in [-0.05, 0) is 88.2 Å². The summed E-state index contributed by atoms with van der Waals surface area (Å²) in [5.74, 6) is -1.19. The van der Waals surface area contributed by atoms with Crippen LogP contribution in [-0.4, -0.2) is 68.0 Å². The maximum absolute atomic E-state index is 15.4. The van der Waals surface area contributed by atoms with Crippen LogP contribution in [-0.2, 0) is 23.2 Å². The van der Waals surface area contributed by atoms with E-state index < -0.39 is 36.5 Å². The van der Waals surface area contributed by atoms with E-state index in [1.165, 1.54) is 49.7 Å². The molecule has 1 aliphatic rings. The Morgan fingerprint density at radius 3 is 2.15 bits per heavy atom. The van der Waals surface area contributed by atoms with Gasteiger partial charge in [-0.1, -0.05) is 6.92 Å². The second kappa shape index (κ2) is 17.3. The number of pyridine rings is 1. The zero-order valence-electron chi connectivity index (χ0n) is 29.6. The number of rotatable bonds is 19. The highest BCUT2D eigenvalue weighted by molar-refractivity contribution is 7.53. The number of nitrogens with one attached hydrogen (secondary N) is 2. The van der Waals surface area contributed by atoms with Crippen LogP contribution in [0.2, 0.25) is 0 Å². The van der Waals surface area contributed by atoms with Crippen molar-refractivity contribution >= 4 is 41.7 Å². The fourth-order valence-corrected chi connectivity index (χ4v) is 7.40. The summed E-state index contributed by atoms with van der Waals surface area (Å²) >= 11 is 0. The minimum Gasteiger partial charge on any atom is -0.493 e. The Kier molecular flexibility index (Phi) is 12.8. The first kappa shape index (κ1) is 38.6. The molecule has 12 nitrogen and oxygen atoms in total. The molecule has 52 heavy (non-hydrogen) atoms. The normalized spacial score (nSPS) is 13.5. The molecule has 1 saturated carbocycles. The fraction of sp³-hybridized carbons (Fsp3) is 0.378. The molecule has 1 aromatic heterocycles. The van der Waals surface area contributed by atoms with Gasteiger partial charge in [-0.15, -0.1) is 0 Å². The molecule has 1 aliphatic carbocycles. The fourth-order valence-electron chi connectivity index (χ4n) is 5.54. The third-order valence-corrected chi connectivity index (χ3v) is 10.5. The maximum Gasteiger partial charge on any atom is 0.344 e. The van der Waals surface area contributed by atoms with Crippen LogP contribution in [0.15, 0.2) is 66.9 Å². The third kappa shape index (κ3) is 9.43. The first-order chi connectivity index (χ1) is 25.0. The minimum atomic E-state index is -3.23. The maximum atomic E-state index is 15.4. The van der Waals surface area contributed by atoms with Crippen LogP contribution in [0.25, 0.3) is 10.9 Å². The lowest BCUT2D eigenvalue weighted by Gasteiger charge is -2.25. The monoisotopic (exact) mass is 740 g/mol. The Morgan fingerprint density at radius 1 is 0.865 bits per heavy atom. The zero-order chi connectivity index (χ0) is 37.3. The number of hydrogen-bond donors (Lipinski definition) is 2. The Morgan fingerprint density at radius 2 is 1.54 bits per heavy atom. The number of aromatic nitrogens is 1. The van der Waals surface area contributed by atoms with E-state index in [9.17, 15) is 18.5 Å². The molecule has 0 bridgehead atoms. The van der Waals surface area contributed by atoms with Crippen LogP contribution in [0.3, 0.4) is 0 Å². The zero-order valence-corrected chi connectivity index (χ0v) is 30.5. The van der Waals surface area contributed by atoms with E-state index >= 15 is 4.39 Å². The molecule has 0 atom stereocenters. The van der Waals surface area contributed by atoms with Gasteiger partial charge in [0.05, 0.1) is 32.4 Å². The number of nitrogens with zero attached hydrogens (tertiary/aromatic N) is 2. The molecule has 0 aliphatic heterocycles. The number of halogens is 2. The molecular weight excluding hydrogens is 697 g/mol. The Hall–Kier alpha value is -4.62. The van der Waals surface area contributed by atoms with Gasteiger partial charge in [0.2, 0.25) is 11.8 Å². The number of hydrogen-bond acceptors (Lipinski definition) is 10. The predicted octanol–water partition coefficient (Wildman–Crippen LogP) is 7.99. The smallest absolute Gasteiger partial charge is 0.344 e. The number of anilines is 2. The summed E-state index contributed by atoms with van der Waals surface area (Å²) in [4.78, 5) is 32.4. The number of fused-ring (bicyclic) bond motifs is 1. The van der Waals surface area contributed by atoms with E-state index in [0.717, 1.165) is 6.07 Å². The van der Waals surface area contributed by atoms with Gasteiger partial charge >= 0.3 is 7.60 Å². The molecule has 2 N–H and O–H groups in total. The van der Waals surface area contributed by atoms with E-state index in [0.29, 0.717) is 86.0 Å². The molecule has 1 fully saturated rings. The van der Waals surface area contributed by atoms with Crippen LogP contribution in [0, 0.1) is 17.0 Å². The highest BCUT2D eigenvalue weighted by Gasteiger charge is 2.56. The minimum absolute atomic E-state index is 0.102. The Balaban J connectivity index is 1.23. The Bertz CT molecular complexity index is 1920. The van der Waals surface area contributed by atoms with E-state index in [2.05, 4.69) is 15.6 Å². The largest absolute Gasteiger partial charge is 0.493 e. The number of amides is 2. The van der Waals surface area contributed by atoms with Crippen molar-refractivity contribution in [3.63, 3.8) is 0 Å². The average molecular weight is 741 g/mol. The number of carbonyl (C=O) groups is 2. The Labute approximate surface area is 301 Å². The van der Waals surface area contributed by atoms with Crippen molar-refractivity contribution < 1.29 is 46.2 Å². The van der Waals surface area contributed by atoms with Crippen molar-refractivity contribution in [2.24, 2.45) is 5.41 Å². The van der Waals surface area contributed by atoms with Crippen molar-refractivity contribution in [3.8, 4) is 23.0 Å². The van der Waals surface area contributed by atoms with Crippen molar-refractivity contribution in [1.29, 1.82) is 0 Å². The molecule has 5 rings (SSSR count). The van der Waals surface area contributed by atoms with Gasteiger partial charge in [0.15, 0.2) is 23.1 Å². The molecule has 1 heterocycles. The van der Waals surface area contributed by atoms with Crippen molar-refractivity contribution in [3.05, 3.63) is 78.5 Å². The van der Waals surface area contributed by atoms with Crippen LogP contribution in [0.1, 0.15) is 40.0 Å². The first-order valence-corrected chi connectivity index (χ1v) is 18.8. The lowest BCUT2D eigenvalue weighted by Crippen LogP contribution is -2.35. The van der Waals surface area contributed by atoms with Crippen molar-refractivity contribution in [2.45, 2.75) is 40.0 Å². The van der Waals surface area contributed by atoms with Gasteiger partial charge in [-0.3, -0.25) is 24.0 Å². The highest BCUT2D eigenvalue weighted by Crippen LogP contribution is 2.49. The van der Waals surface area contributed by atoms with E-state index in [1.54, 1.807) is 32.0 Å². The summed E-state index contributed by atoms with van der Waals surface area (Å²) in [5, 5.41) is 5.82. The molecule has 0 spiro atoms. The first-order valence-electron chi connectivity index (χ1n) is 17.1. The standard InChI is InChI=1S/C37H43F2N4O8P/c1-5-43(24-52(46,49-6-2)50-7-3)19-8-20-48-34-22-28-30(23-33(34)47-4)40-18-15-31(28)51-32-14-13-27(21-29(32)39)42-36(45)37(16-17-37)35(44)41-26-11-9-25(38)10-12-26/h9-15,18,21-23H,5-8,16-17,19-20,24H2,1-4H3,(H,41,44)(H,42,45). The van der Waals surface area contributed by atoms with Crippen LogP contribution in [0.5, 0.6) is 23.0 Å². The molecule has 15 heteroatoms. The second-order valence-corrected chi connectivity index (χ2v) is 14.1. The van der Waals surface area contributed by atoms with Crippen molar-refractivity contribution in [1.82, 2.24) is 9.88 Å². The molecule has 0 saturated heterocycles. The summed E-state index contributed by atoms with van der Waals surface area (Å²) in [6.07, 6.45) is 2.96. The summed E-state index contributed by atoms with van der Waals surface area (Å²) in [6.45, 7) is 7.67. The van der Waals surface area contributed by atoms with E-state index in [1.807, 2.05) is 11.8 Å². The molecule has 4 aromatic rings. The number of benzene rings is 3. The van der Waals surface area contributed by atoms with Gasteiger partial charge in [-0.25, -0.2) is 8.78 Å². The lowest BCUT2D eigenvalue weighted by atomic mass is 10.0. The molecule has 278 valence electrons. The molecule has 0 unspecified atom stereocenters. The molecule has 3 aromatic carbocycles. The van der Waals surface area contributed by atoms with Gasteiger partial charge in [0.25, 0.3) is 0 Å². The summed E-state index contributed by atoms with van der Waals surface area (Å²) in [7, 11) is -1.71. The number of carbonyl (C=O) groups excluding carboxylic acids is 2. The quantitative estimate of drug-likeness (QED) is 0.0553. The van der Waals surface area contributed by atoms with Crippen LogP contribution in [0.4, 0.5) is 20.2 Å². The summed E-state index contributed by atoms with van der Waals surface area (Å²) < 4.78 is 70.1. The van der Waals surface area contributed by atoms with Gasteiger partial charge in [0, 0.05) is 41.6 Å². The van der Waals surface area contributed by atoms with E-state index in [-0.39, 0.29) is 17.7 Å². The van der Waals surface area contributed by atoms with Crippen LogP contribution < -0.4 is 24.8 Å². The third-order valence-electron chi connectivity index (χ3n) is 8.47. The van der Waals surface area contributed by atoms with Gasteiger partial charge in [0.1, 0.15) is 23.3 Å². The summed E-state index contributed by atoms with van der Waals surface area (Å²) in [6, 6.07) is 14.2. The molecule has 2 amide bonds. The SMILES string of the molecule is CCOP(=O)(CN(CC)CCCOc1cc2c(Oc3ccc(NC(=O)C4(C(=O)Nc5ccc(F)cc5)CC4)cc3F)ccnc2cc1OC)OCC. The molecular formula is C37H43F2N4O8P. The van der Waals surface area contributed by atoms with E-state index in [4.69, 9.17) is 23.3 Å². The second-order valence-electron chi connectivity index (χ2n) is 12.1. The predicted molar refractivity (Wildman–Crippen MR) is 193 cm³/mol. The van der Waals surface area contributed by atoms with Gasteiger partial charge in [-0.2, -0.15) is 0 Å². The molecule has 0 radical (unpaired) electrons. The van der Waals surface area contributed by atoms with Crippen molar-refractivity contribution in [2.75, 3.05) is 56.9 Å². The van der Waals surface area contributed by atoms with Crippen LogP contribution >= 0.6 is 7.60 Å². The average Bonchev–Trinajstić information content (AvgIpc) is 3.94. The van der Waals surface area contributed by atoms with Gasteiger partial charge < -0.3 is 33.9 Å². The summed E-state index contributed by atoms with van der Waals surface area (Å²) in [5.41, 5.74) is -0.262. The topological polar surface area (TPSA) is 138 Å². The number of methoxy groups -OCH3 is 1.